The van der Waals surface area contributed by atoms with Crippen molar-refractivity contribution >= 4 is 18.2 Å². The molecule has 0 aliphatic carbocycles. The van der Waals surface area contributed by atoms with Gasteiger partial charge in [0.1, 0.15) is 30.0 Å². The van der Waals surface area contributed by atoms with Crippen LogP contribution >= 0.6 is 0 Å². The zero-order valence-corrected chi connectivity index (χ0v) is 15.6. The minimum atomic E-state index is -4.52. The highest BCUT2D eigenvalue weighted by Crippen LogP contribution is 2.41. The zero-order chi connectivity index (χ0) is 19.7. The van der Waals surface area contributed by atoms with Gasteiger partial charge in [-0.2, -0.15) is 13.2 Å². The third kappa shape index (κ3) is 4.49. The number of hydrogen-bond acceptors (Lipinski definition) is 2. The first-order chi connectivity index (χ1) is 12.7. The van der Waals surface area contributed by atoms with Crippen molar-refractivity contribution in [3.05, 3.63) is 54.1 Å². The Bertz CT molecular complexity index is 896. The fourth-order valence-electron chi connectivity index (χ4n) is 3.01. The highest BCUT2D eigenvalue weighted by molar-refractivity contribution is 6.33. The van der Waals surface area contributed by atoms with Crippen molar-refractivity contribution in [1.29, 1.82) is 0 Å². The summed E-state index contributed by atoms with van der Waals surface area (Å²) in [7, 11) is 2.01. The van der Waals surface area contributed by atoms with E-state index in [-0.39, 0.29) is 17.1 Å². The first kappa shape index (κ1) is 19.4. The molecule has 0 amide bonds. The minimum absolute atomic E-state index is 0.00532. The van der Waals surface area contributed by atoms with Crippen molar-refractivity contribution in [2.45, 2.75) is 45.2 Å². The van der Waals surface area contributed by atoms with Crippen molar-refractivity contribution in [3.8, 4) is 17.1 Å². The molecule has 3 rings (SSSR count). The summed E-state index contributed by atoms with van der Waals surface area (Å²) < 4.78 is 52.6. The third-order valence-corrected chi connectivity index (χ3v) is 4.42. The maximum atomic E-state index is 13.7. The summed E-state index contributed by atoms with van der Waals surface area (Å²) in [6, 6.07) is 12.8. The van der Waals surface area contributed by atoms with E-state index in [0.29, 0.717) is 5.58 Å². The highest BCUT2D eigenvalue weighted by atomic mass is 19.4. The summed E-state index contributed by atoms with van der Waals surface area (Å²) in [5.74, 6) is 0.387. The second-order valence-corrected chi connectivity index (χ2v) is 7.16. The average molecular weight is 373 g/mol. The van der Waals surface area contributed by atoms with Crippen molar-refractivity contribution < 1.29 is 22.3 Å². The van der Waals surface area contributed by atoms with E-state index in [9.17, 15) is 13.2 Å². The van der Waals surface area contributed by atoms with E-state index in [1.807, 2.05) is 34.0 Å². The lowest BCUT2D eigenvalue weighted by Gasteiger charge is -2.27. The number of para-hydroxylation sites is 1. The predicted molar refractivity (Wildman–Crippen MR) is 102 cm³/mol. The van der Waals surface area contributed by atoms with Crippen LogP contribution in [0.25, 0.3) is 22.3 Å². The summed E-state index contributed by atoms with van der Waals surface area (Å²) >= 11 is 0. The summed E-state index contributed by atoms with van der Waals surface area (Å²) in [5.41, 5.74) is -0.767. The third-order valence-electron chi connectivity index (χ3n) is 4.42. The smallest absolute Gasteiger partial charge is 0.417 e. The Kier molecular flexibility index (Phi) is 5.27. The van der Waals surface area contributed by atoms with Gasteiger partial charge >= 0.3 is 6.18 Å². The molecule has 0 saturated carbocycles. The van der Waals surface area contributed by atoms with Crippen LogP contribution in [0.1, 0.15) is 25.8 Å². The van der Waals surface area contributed by atoms with Gasteiger partial charge in [-0.15, -0.1) is 0 Å². The maximum absolute atomic E-state index is 13.7. The lowest BCUT2D eigenvalue weighted by Crippen LogP contribution is -2.28. The topological polar surface area (TPSA) is 22.4 Å². The van der Waals surface area contributed by atoms with E-state index in [2.05, 4.69) is 0 Å². The van der Waals surface area contributed by atoms with Gasteiger partial charge in [0, 0.05) is 10.9 Å². The number of alkyl halides is 3. The van der Waals surface area contributed by atoms with Crippen LogP contribution in [0.3, 0.4) is 0 Å². The van der Waals surface area contributed by atoms with Crippen LogP contribution in [-0.4, -0.2) is 12.9 Å². The summed E-state index contributed by atoms with van der Waals surface area (Å²) in [4.78, 5) is 0. The fourth-order valence-corrected chi connectivity index (χ4v) is 3.01. The molecule has 141 valence electrons. The zero-order valence-electron chi connectivity index (χ0n) is 15.6. The van der Waals surface area contributed by atoms with Crippen LogP contribution in [0, 0.1) is 0 Å². The van der Waals surface area contributed by atoms with Gasteiger partial charge in [-0.05, 0) is 50.6 Å². The second kappa shape index (κ2) is 7.33. The van der Waals surface area contributed by atoms with Crippen molar-refractivity contribution in [2.24, 2.45) is 0 Å². The standard InChI is InChI=1S/C21H21BF3O2/c1-20(2,10-11-22-3)27-15-8-9-16(17(13-15)21(23,24)25)19-12-14-6-4-5-7-18(14)26-19/h4-9,12-13H,10-11H2,1-3H3. The van der Waals surface area contributed by atoms with Crippen LogP contribution < -0.4 is 4.74 Å². The molecule has 6 heteroatoms. The molecule has 0 spiro atoms. The molecule has 27 heavy (non-hydrogen) atoms. The molecule has 0 atom stereocenters. The van der Waals surface area contributed by atoms with Crippen molar-refractivity contribution in [2.75, 3.05) is 0 Å². The largest absolute Gasteiger partial charge is 0.488 e. The first-order valence-corrected chi connectivity index (χ1v) is 8.87. The Labute approximate surface area is 157 Å². The molecule has 0 aliphatic heterocycles. The number of fused-ring (bicyclic) bond motifs is 1. The SMILES string of the molecule is C[B]CCC(C)(C)Oc1ccc(-c2cc3ccccc3o2)c(C(F)(F)F)c1. The summed E-state index contributed by atoms with van der Waals surface area (Å²) in [6.07, 6.45) is -2.97. The Morgan fingerprint density at radius 2 is 1.78 bits per heavy atom. The molecule has 0 bridgehead atoms. The van der Waals surface area contributed by atoms with Gasteiger partial charge in [0.15, 0.2) is 0 Å². The van der Waals surface area contributed by atoms with Gasteiger partial charge in [-0.1, -0.05) is 31.3 Å². The van der Waals surface area contributed by atoms with E-state index in [0.717, 1.165) is 24.2 Å². The van der Waals surface area contributed by atoms with Gasteiger partial charge in [0.2, 0.25) is 0 Å². The molecule has 2 aromatic carbocycles. The van der Waals surface area contributed by atoms with E-state index in [4.69, 9.17) is 9.15 Å². The Morgan fingerprint density at radius 3 is 2.44 bits per heavy atom. The van der Waals surface area contributed by atoms with Gasteiger partial charge in [-0.25, -0.2) is 0 Å². The molecular weight excluding hydrogens is 352 g/mol. The van der Waals surface area contributed by atoms with Crippen molar-refractivity contribution in [3.63, 3.8) is 0 Å². The van der Waals surface area contributed by atoms with Crippen LogP contribution in [0.2, 0.25) is 13.1 Å². The normalized spacial score (nSPS) is 12.4. The van der Waals surface area contributed by atoms with E-state index >= 15 is 0 Å². The number of hydrogen-bond donors (Lipinski definition) is 0. The molecule has 1 heterocycles. The average Bonchev–Trinajstić information content (AvgIpc) is 3.03. The quantitative estimate of drug-likeness (QED) is 0.442. The molecule has 1 aromatic heterocycles. The predicted octanol–water partition coefficient (Wildman–Crippen LogP) is 6.84. The van der Waals surface area contributed by atoms with E-state index in [1.165, 1.54) is 6.07 Å². The lowest BCUT2D eigenvalue weighted by atomic mass is 9.74. The minimum Gasteiger partial charge on any atom is -0.488 e. The number of furan rings is 1. The number of benzene rings is 2. The molecule has 0 unspecified atom stereocenters. The second-order valence-electron chi connectivity index (χ2n) is 7.16. The monoisotopic (exact) mass is 373 g/mol. The molecule has 1 radical (unpaired) electrons. The Hall–Kier alpha value is -2.37. The maximum Gasteiger partial charge on any atom is 0.417 e. The lowest BCUT2D eigenvalue weighted by molar-refractivity contribution is -0.137. The number of rotatable bonds is 6. The molecule has 0 fully saturated rings. The van der Waals surface area contributed by atoms with Crippen LogP contribution in [0.4, 0.5) is 13.2 Å². The fraction of sp³-hybridized carbons (Fsp3) is 0.333. The molecule has 0 N–H and O–H groups in total. The van der Waals surface area contributed by atoms with Crippen LogP contribution in [-0.2, 0) is 6.18 Å². The molecule has 0 aliphatic rings. The van der Waals surface area contributed by atoms with Crippen LogP contribution in [0.5, 0.6) is 5.75 Å². The van der Waals surface area contributed by atoms with Crippen molar-refractivity contribution in [1.82, 2.24) is 0 Å². The summed E-state index contributed by atoms with van der Waals surface area (Å²) in [5, 5.41) is 0.762. The molecular formula is C21H21BF3O2. The Morgan fingerprint density at radius 1 is 1.04 bits per heavy atom. The Balaban J connectivity index is 2.00. The molecule has 2 nitrogen and oxygen atoms in total. The number of ether oxygens (including phenoxy) is 1. The van der Waals surface area contributed by atoms with E-state index in [1.54, 1.807) is 30.3 Å². The highest BCUT2D eigenvalue weighted by Gasteiger charge is 2.35. The molecule has 0 saturated heterocycles. The van der Waals surface area contributed by atoms with Gasteiger partial charge in [-0.3, -0.25) is 0 Å². The first-order valence-electron chi connectivity index (χ1n) is 8.87. The van der Waals surface area contributed by atoms with Gasteiger partial charge in [0.05, 0.1) is 5.56 Å². The van der Waals surface area contributed by atoms with Crippen LogP contribution in [0.15, 0.2) is 52.9 Å². The van der Waals surface area contributed by atoms with Gasteiger partial charge in [0.25, 0.3) is 0 Å². The summed E-state index contributed by atoms with van der Waals surface area (Å²) in [6.45, 7) is 5.69. The van der Waals surface area contributed by atoms with Gasteiger partial charge < -0.3 is 9.15 Å². The number of halogens is 3. The molecule has 3 aromatic rings. The van der Waals surface area contributed by atoms with E-state index < -0.39 is 17.3 Å².